The Balaban J connectivity index is 2.58. The number of carbonyl (C=O) groups excluding carboxylic acids is 1. The summed E-state index contributed by atoms with van der Waals surface area (Å²) in [7, 11) is 0. The normalized spacial score (nSPS) is 10.2. The van der Waals surface area contributed by atoms with Gasteiger partial charge >= 0.3 is 0 Å². The molecule has 18 heavy (non-hydrogen) atoms. The average molecular weight is 239 g/mol. The van der Waals surface area contributed by atoms with Gasteiger partial charge in [-0.1, -0.05) is 36.4 Å². The maximum atomic E-state index is 12.0. The van der Waals surface area contributed by atoms with E-state index in [2.05, 4.69) is 0 Å². The van der Waals surface area contributed by atoms with Gasteiger partial charge in [-0.2, -0.15) is 0 Å². The topological polar surface area (TPSA) is 20.3 Å². The van der Waals surface area contributed by atoms with Gasteiger partial charge in [-0.05, 0) is 37.1 Å². The fraction of sp³-hybridized carbons (Fsp3) is 0.188. The highest BCUT2D eigenvalue weighted by atomic mass is 16.2. The van der Waals surface area contributed by atoms with Crippen LogP contribution in [-0.2, 0) is 4.79 Å². The first-order valence-electron chi connectivity index (χ1n) is 6.03. The van der Waals surface area contributed by atoms with E-state index in [1.807, 2.05) is 62.4 Å². The predicted molar refractivity (Wildman–Crippen MR) is 75.2 cm³/mol. The first-order valence-corrected chi connectivity index (χ1v) is 6.03. The Morgan fingerprint density at radius 2 is 1.22 bits per heavy atom. The molecular weight excluding hydrogens is 222 g/mol. The summed E-state index contributed by atoms with van der Waals surface area (Å²) in [5.41, 5.74) is 4.07. The molecule has 2 aromatic carbocycles. The van der Waals surface area contributed by atoms with Crippen molar-refractivity contribution in [2.45, 2.75) is 20.8 Å². The summed E-state index contributed by atoms with van der Waals surface area (Å²) < 4.78 is 0. The van der Waals surface area contributed by atoms with E-state index >= 15 is 0 Å². The monoisotopic (exact) mass is 239 g/mol. The summed E-state index contributed by atoms with van der Waals surface area (Å²) in [4.78, 5) is 13.7. The van der Waals surface area contributed by atoms with Crippen molar-refractivity contribution in [1.82, 2.24) is 0 Å². The Labute approximate surface area is 108 Å². The van der Waals surface area contributed by atoms with E-state index in [0.717, 1.165) is 22.5 Å². The standard InChI is InChI=1S/C16H17NO/c1-12-8-4-6-10-15(12)17(14(3)18)16-11-7-5-9-13(16)2/h4-11H,1-3H3. The number of rotatable bonds is 2. The third-order valence-electron chi connectivity index (χ3n) is 3.03. The van der Waals surface area contributed by atoms with Crippen LogP contribution in [0.5, 0.6) is 0 Å². The van der Waals surface area contributed by atoms with Gasteiger partial charge in [0, 0.05) is 6.92 Å². The zero-order chi connectivity index (χ0) is 13.1. The minimum absolute atomic E-state index is 0.0265. The van der Waals surface area contributed by atoms with Crippen LogP contribution in [0, 0.1) is 13.8 Å². The Morgan fingerprint density at radius 1 is 0.833 bits per heavy atom. The number of anilines is 2. The Morgan fingerprint density at radius 3 is 1.56 bits per heavy atom. The molecule has 0 heterocycles. The van der Waals surface area contributed by atoms with E-state index in [0.29, 0.717) is 0 Å². The van der Waals surface area contributed by atoms with Crippen molar-refractivity contribution in [1.29, 1.82) is 0 Å². The molecule has 0 atom stereocenters. The lowest BCUT2D eigenvalue weighted by atomic mass is 10.1. The molecule has 0 spiro atoms. The minimum atomic E-state index is 0.0265. The van der Waals surface area contributed by atoms with E-state index in [1.165, 1.54) is 0 Å². The van der Waals surface area contributed by atoms with Crippen LogP contribution in [0.25, 0.3) is 0 Å². The summed E-state index contributed by atoms with van der Waals surface area (Å²) in [6.45, 7) is 5.63. The van der Waals surface area contributed by atoms with Gasteiger partial charge in [0.2, 0.25) is 5.91 Å². The summed E-state index contributed by atoms with van der Waals surface area (Å²) in [6, 6.07) is 15.9. The van der Waals surface area contributed by atoms with Crippen molar-refractivity contribution in [3.63, 3.8) is 0 Å². The quantitative estimate of drug-likeness (QED) is 0.776. The molecular formula is C16H17NO. The predicted octanol–water partition coefficient (Wildman–Crippen LogP) is 3.99. The Kier molecular flexibility index (Phi) is 3.47. The largest absolute Gasteiger partial charge is 0.281 e. The van der Waals surface area contributed by atoms with Crippen molar-refractivity contribution in [3.8, 4) is 0 Å². The molecule has 0 fully saturated rings. The van der Waals surface area contributed by atoms with Gasteiger partial charge in [0.1, 0.15) is 0 Å². The van der Waals surface area contributed by atoms with Crippen LogP contribution < -0.4 is 4.90 Å². The number of benzene rings is 2. The first-order chi connectivity index (χ1) is 8.61. The Bertz CT molecular complexity index is 529. The minimum Gasteiger partial charge on any atom is -0.281 e. The fourth-order valence-corrected chi connectivity index (χ4v) is 2.10. The highest BCUT2D eigenvalue weighted by molar-refractivity contribution is 6.00. The molecule has 0 saturated heterocycles. The molecule has 2 rings (SSSR count). The van der Waals surface area contributed by atoms with Crippen molar-refractivity contribution in [2.75, 3.05) is 4.90 Å². The molecule has 0 aromatic heterocycles. The van der Waals surface area contributed by atoms with E-state index in [9.17, 15) is 4.79 Å². The molecule has 0 aliphatic heterocycles. The number of hydrogen-bond acceptors (Lipinski definition) is 1. The number of hydrogen-bond donors (Lipinski definition) is 0. The molecule has 0 N–H and O–H groups in total. The number of carbonyl (C=O) groups is 1. The van der Waals surface area contributed by atoms with Gasteiger partial charge in [0.05, 0.1) is 11.4 Å². The number of amides is 1. The summed E-state index contributed by atoms with van der Waals surface area (Å²) in [6.07, 6.45) is 0. The van der Waals surface area contributed by atoms with E-state index in [4.69, 9.17) is 0 Å². The van der Waals surface area contributed by atoms with Gasteiger partial charge in [-0.15, -0.1) is 0 Å². The van der Waals surface area contributed by atoms with Crippen LogP contribution >= 0.6 is 0 Å². The third-order valence-corrected chi connectivity index (χ3v) is 3.03. The maximum Gasteiger partial charge on any atom is 0.228 e. The average Bonchev–Trinajstić information content (AvgIpc) is 2.34. The number of aryl methyl sites for hydroxylation is 2. The highest BCUT2D eigenvalue weighted by Gasteiger charge is 2.16. The second kappa shape index (κ2) is 5.05. The summed E-state index contributed by atoms with van der Waals surface area (Å²) in [5.74, 6) is 0.0265. The van der Waals surface area contributed by atoms with Crippen LogP contribution in [0.2, 0.25) is 0 Å². The molecule has 0 aliphatic rings. The number of para-hydroxylation sites is 2. The van der Waals surface area contributed by atoms with Crippen molar-refractivity contribution in [3.05, 3.63) is 59.7 Å². The van der Waals surface area contributed by atoms with Gasteiger partial charge in [-0.25, -0.2) is 0 Å². The van der Waals surface area contributed by atoms with E-state index < -0.39 is 0 Å². The van der Waals surface area contributed by atoms with Crippen molar-refractivity contribution in [2.24, 2.45) is 0 Å². The van der Waals surface area contributed by atoms with Crippen LogP contribution in [0.15, 0.2) is 48.5 Å². The smallest absolute Gasteiger partial charge is 0.228 e. The van der Waals surface area contributed by atoms with E-state index in [-0.39, 0.29) is 5.91 Å². The molecule has 2 aromatic rings. The maximum absolute atomic E-state index is 12.0. The zero-order valence-electron chi connectivity index (χ0n) is 11.0. The molecule has 1 amide bonds. The molecule has 92 valence electrons. The second-order valence-corrected chi connectivity index (χ2v) is 4.43. The van der Waals surface area contributed by atoms with Crippen LogP contribution in [0.4, 0.5) is 11.4 Å². The van der Waals surface area contributed by atoms with Crippen LogP contribution in [-0.4, -0.2) is 5.91 Å². The second-order valence-electron chi connectivity index (χ2n) is 4.43. The van der Waals surface area contributed by atoms with E-state index in [1.54, 1.807) is 11.8 Å². The highest BCUT2D eigenvalue weighted by Crippen LogP contribution is 2.30. The van der Waals surface area contributed by atoms with Gasteiger partial charge < -0.3 is 0 Å². The van der Waals surface area contributed by atoms with Gasteiger partial charge in [-0.3, -0.25) is 9.69 Å². The molecule has 0 saturated carbocycles. The van der Waals surface area contributed by atoms with Gasteiger partial charge in [0.25, 0.3) is 0 Å². The van der Waals surface area contributed by atoms with Crippen LogP contribution in [0.1, 0.15) is 18.1 Å². The molecule has 2 heteroatoms. The lowest BCUT2D eigenvalue weighted by Crippen LogP contribution is -2.24. The molecule has 0 bridgehead atoms. The lowest BCUT2D eigenvalue weighted by molar-refractivity contribution is -0.115. The van der Waals surface area contributed by atoms with Crippen LogP contribution in [0.3, 0.4) is 0 Å². The van der Waals surface area contributed by atoms with Gasteiger partial charge in [0.15, 0.2) is 0 Å². The molecule has 0 unspecified atom stereocenters. The zero-order valence-corrected chi connectivity index (χ0v) is 11.0. The lowest BCUT2D eigenvalue weighted by Gasteiger charge is -2.24. The summed E-state index contributed by atoms with van der Waals surface area (Å²) >= 11 is 0. The fourth-order valence-electron chi connectivity index (χ4n) is 2.10. The van der Waals surface area contributed by atoms with Crippen molar-refractivity contribution < 1.29 is 4.79 Å². The summed E-state index contributed by atoms with van der Waals surface area (Å²) in [5, 5.41) is 0. The number of nitrogens with zero attached hydrogens (tertiary/aromatic N) is 1. The molecule has 0 aliphatic carbocycles. The third kappa shape index (κ3) is 2.28. The first kappa shape index (κ1) is 12.4. The molecule has 2 nitrogen and oxygen atoms in total. The van der Waals surface area contributed by atoms with Crippen molar-refractivity contribution >= 4 is 17.3 Å². The Hall–Kier alpha value is -2.09. The SMILES string of the molecule is CC(=O)N(c1ccccc1C)c1ccccc1C. The molecule has 0 radical (unpaired) electrons.